The van der Waals surface area contributed by atoms with Gasteiger partial charge in [0.2, 0.25) is 17.7 Å². The van der Waals surface area contributed by atoms with Crippen molar-refractivity contribution in [2.75, 3.05) is 13.6 Å². The van der Waals surface area contributed by atoms with Gasteiger partial charge in [-0.25, -0.2) is 0 Å². The molecule has 4 N–H and O–H groups in total. The summed E-state index contributed by atoms with van der Waals surface area (Å²) in [5.41, 5.74) is 1.96. The number of carbonyl (C=O) groups excluding carboxylic acids is 3. The second-order valence-corrected chi connectivity index (χ2v) is 9.76. The summed E-state index contributed by atoms with van der Waals surface area (Å²) in [5, 5.41) is 15.9. The highest BCUT2D eigenvalue weighted by molar-refractivity contribution is 5.93. The Hall–Kier alpha value is -3.72. The molecular formula is C29H40N4O5. The third-order valence-corrected chi connectivity index (χ3v) is 6.54. The molecule has 2 aromatic carbocycles. The van der Waals surface area contributed by atoms with Crippen molar-refractivity contribution in [2.24, 2.45) is 5.92 Å². The number of benzene rings is 2. The lowest BCUT2D eigenvalue weighted by Crippen LogP contribution is -2.56. The molecule has 1 fully saturated rings. The highest BCUT2D eigenvalue weighted by Gasteiger charge is 2.38. The van der Waals surface area contributed by atoms with Crippen LogP contribution in [0, 0.1) is 5.92 Å². The van der Waals surface area contributed by atoms with Crippen molar-refractivity contribution in [3.8, 4) is 0 Å². The molecule has 0 spiro atoms. The predicted octanol–water partition coefficient (Wildman–Crippen LogP) is 2.72. The number of amides is 3. The second kappa shape index (κ2) is 15.5. The molecule has 206 valence electrons. The summed E-state index contributed by atoms with van der Waals surface area (Å²) in [5.74, 6) is -0.375. The van der Waals surface area contributed by atoms with Gasteiger partial charge < -0.3 is 26.0 Å². The fraction of sp³-hybridized carbons (Fsp3) is 0.448. The Kier molecular flexibility index (Phi) is 12.5. The highest BCUT2D eigenvalue weighted by Crippen LogP contribution is 2.25. The summed E-state index contributed by atoms with van der Waals surface area (Å²) < 4.78 is 0. The molecule has 0 saturated carbocycles. The van der Waals surface area contributed by atoms with Crippen molar-refractivity contribution in [3.05, 3.63) is 71.8 Å². The van der Waals surface area contributed by atoms with E-state index < -0.39 is 18.1 Å². The first-order valence-corrected chi connectivity index (χ1v) is 13.0. The van der Waals surface area contributed by atoms with E-state index in [1.165, 1.54) is 0 Å². The maximum Gasteiger partial charge on any atom is 0.290 e. The number of hydrogen-bond donors (Lipinski definition) is 4. The lowest BCUT2D eigenvalue weighted by atomic mass is 9.98. The Labute approximate surface area is 225 Å². The van der Waals surface area contributed by atoms with Crippen LogP contribution >= 0.6 is 0 Å². The van der Waals surface area contributed by atoms with Crippen molar-refractivity contribution >= 4 is 24.2 Å². The number of carbonyl (C=O) groups is 4. The summed E-state index contributed by atoms with van der Waals surface area (Å²) in [6, 6.07) is 17.7. The van der Waals surface area contributed by atoms with Crippen LogP contribution in [0.5, 0.6) is 0 Å². The van der Waals surface area contributed by atoms with E-state index in [0.717, 1.165) is 17.5 Å². The number of rotatable bonds is 10. The van der Waals surface area contributed by atoms with Gasteiger partial charge in [-0.05, 0) is 50.3 Å². The lowest BCUT2D eigenvalue weighted by Gasteiger charge is -2.31. The van der Waals surface area contributed by atoms with E-state index in [0.29, 0.717) is 19.4 Å². The molecule has 0 aromatic heterocycles. The van der Waals surface area contributed by atoms with E-state index in [1.807, 2.05) is 74.5 Å². The van der Waals surface area contributed by atoms with E-state index in [9.17, 15) is 14.4 Å². The van der Waals surface area contributed by atoms with Gasteiger partial charge in [0.1, 0.15) is 12.1 Å². The van der Waals surface area contributed by atoms with Crippen LogP contribution in [0.3, 0.4) is 0 Å². The number of nitrogens with zero attached hydrogens (tertiary/aromatic N) is 1. The van der Waals surface area contributed by atoms with Crippen molar-refractivity contribution in [1.82, 2.24) is 20.9 Å². The minimum absolute atomic E-state index is 0.174. The molecule has 3 atom stereocenters. The topological polar surface area (TPSA) is 128 Å². The van der Waals surface area contributed by atoms with Crippen molar-refractivity contribution < 1.29 is 24.3 Å². The molecule has 1 aliphatic rings. The van der Waals surface area contributed by atoms with Gasteiger partial charge in [0.25, 0.3) is 6.47 Å². The molecule has 3 rings (SSSR count). The van der Waals surface area contributed by atoms with E-state index >= 15 is 0 Å². The van der Waals surface area contributed by atoms with E-state index in [-0.39, 0.29) is 36.2 Å². The van der Waals surface area contributed by atoms with Crippen LogP contribution in [0.15, 0.2) is 60.7 Å². The first-order valence-electron chi connectivity index (χ1n) is 13.0. The Morgan fingerprint density at radius 3 is 1.97 bits per heavy atom. The average molecular weight is 525 g/mol. The van der Waals surface area contributed by atoms with Gasteiger partial charge in [0.05, 0.1) is 12.1 Å². The zero-order valence-electron chi connectivity index (χ0n) is 22.6. The molecule has 0 aliphatic carbocycles. The third kappa shape index (κ3) is 8.69. The zero-order chi connectivity index (χ0) is 28.1. The van der Waals surface area contributed by atoms with Crippen LogP contribution in [0.2, 0.25) is 0 Å². The molecular weight excluding hydrogens is 484 g/mol. The summed E-state index contributed by atoms with van der Waals surface area (Å²) in [6.45, 7) is 6.05. The molecule has 3 amide bonds. The minimum Gasteiger partial charge on any atom is -0.483 e. The first kappa shape index (κ1) is 30.5. The molecule has 0 unspecified atom stereocenters. The molecule has 0 bridgehead atoms. The molecule has 1 saturated heterocycles. The molecule has 1 heterocycles. The summed E-state index contributed by atoms with van der Waals surface area (Å²) in [6.07, 6.45) is 1.87. The van der Waals surface area contributed by atoms with Gasteiger partial charge >= 0.3 is 0 Å². The Morgan fingerprint density at radius 1 is 0.974 bits per heavy atom. The van der Waals surface area contributed by atoms with Crippen LogP contribution in [-0.2, 0) is 19.2 Å². The van der Waals surface area contributed by atoms with E-state index in [1.54, 1.807) is 18.9 Å². The largest absolute Gasteiger partial charge is 0.483 e. The molecule has 38 heavy (non-hydrogen) atoms. The normalized spacial score (nSPS) is 16.3. The van der Waals surface area contributed by atoms with Crippen LogP contribution in [0.25, 0.3) is 0 Å². The third-order valence-electron chi connectivity index (χ3n) is 6.54. The minimum atomic E-state index is -0.661. The SMILES string of the molecule is CN[C@@H](C)C(=O)N[C@@H](CC(C)C)C(=O)N1CCC[C@H]1C(=O)NC(c1ccccc1)c1ccccc1.O=CO. The number of nitrogens with one attached hydrogen (secondary N) is 3. The quantitative estimate of drug-likeness (QED) is 0.354. The zero-order valence-corrected chi connectivity index (χ0v) is 22.6. The molecule has 9 heteroatoms. The molecule has 1 aliphatic heterocycles. The van der Waals surface area contributed by atoms with Gasteiger partial charge in [-0.1, -0.05) is 74.5 Å². The van der Waals surface area contributed by atoms with Gasteiger partial charge in [-0.3, -0.25) is 19.2 Å². The summed E-state index contributed by atoms with van der Waals surface area (Å²) in [7, 11) is 1.71. The fourth-order valence-corrected chi connectivity index (χ4v) is 4.51. The molecule has 2 aromatic rings. The van der Waals surface area contributed by atoms with Crippen LogP contribution in [-0.4, -0.2) is 65.9 Å². The maximum absolute atomic E-state index is 13.6. The predicted molar refractivity (Wildman–Crippen MR) is 146 cm³/mol. The number of likely N-dealkylation sites (N-methyl/N-ethyl adjacent to an activating group) is 1. The summed E-state index contributed by atoms with van der Waals surface area (Å²) >= 11 is 0. The fourth-order valence-electron chi connectivity index (χ4n) is 4.51. The highest BCUT2D eigenvalue weighted by atomic mass is 16.3. The van der Waals surface area contributed by atoms with Gasteiger partial charge in [-0.2, -0.15) is 0 Å². The molecule has 9 nitrogen and oxygen atoms in total. The summed E-state index contributed by atoms with van der Waals surface area (Å²) in [4.78, 5) is 49.7. The average Bonchev–Trinajstić information content (AvgIpc) is 3.41. The second-order valence-electron chi connectivity index (χ2n) is 9.76. The molecule has 0 radical (unpaired) electrons. The Morgan fingerprint density at radius 2 is 1.50 bits per heavy atom. The smallest absolute Gasteiger partial charge is 0.290 e. The van der Waals surface area contributed by atoms with Gasteiger partial charge in [-0.15, -0.1) is 0 Å². The maximum atomic E-state index is 13.6. The van der Waals surface area contributed by atoms with E-state index in [2.05, 4.69) is 16.0 Å². The van der Waals surface area contributed by atoms with Crippen LogP contribution < -0.4 is 16.0 Å². The first-order chi connectivity index (χ1) is 18.2. The number of carboxylic acid groups (broad SMARTS) is 1. The van der Waals surface area contributed by atoms with E-state index in [4.69, 9.17) is 9.90 Å². The monoisotopic (exact) mass is 524 g/mol. The van der Waals surface area contributed by atoms with Crippen molar-refractivity contribution in [1.29, 1.82) is 0 Å². The Bertz CT molecular complexity index is 992. The standard InChI is InChI=1S/C28H38N4O3.CH2O2/c1-19(2)18-23(30-26(33)20(3)29-4)28(35)32-17-11-16-24(32)27(34)31-25(21-12-7-5-8-13-21)22-14-9-6-10-15-22;2-1-3/h5-10,12-15,19-20,23-25,29H,11,16-18H2,1-4H3,(H,30,33)(H,31,34);1H,(H,2,3)/t20-,23-,24-;/m0./s1. The number of likely N-dealkylation sites (tertiary alicyclic amines) is 1. The van der Waals surface area contributed by atoms with Crippen molar-refractivity contribution in [2.45, 2.75) is 64.2 Å². The Balaban J connectivity index is 0.00000161. The number of hydrogen-bond acceptors (Lipinski definition) is 5. The van der Waals surface area contributed by atoms with Crippen LogP contribution in [0.1, 0.15) is 57.2 Å². The van der Waals surface area contributed by atoms with Crippen molar-refractivity contribution in [3.63, 3.8) is 0 Å². The van der Waals surface area contributed by atoms with Gasteiger partial charge in [0.15, 0.2) is 0 Å². The lowest BCUT2D eigenvalue weighted by molar-refractivity contribution is -0.142. The van der Waals surface area contributed by atoms with Gasteiger partial charge in [0, 0.05) is 6.54 Å². The van der Waals surface area contributed by atoms with Crippen LogP contribution in [0.4, 0.5) is 0 Å².